The lowest BCUT2D eigenvalue weighted by Crippen LogP contribution is -2.40. The molecule has 0 saturated carbocycles. The molecule has 1 aromatic heterocycles. The Morgan fingerprint density at radius 2 is 2.30 bits per heavy atom. The van der Waals surface area contributed by atoms with E-state index in [4.69, 9.17) is 15.2 Å². The van der Waals surface area contributed by atoms with Crippen LogP contribution in [0.25, 0.3) is 0 Å². The highest BCUT2D eigenvalue weighted by atomic mass is 16.5. The molecule has 4 N–H and O–H groups in total. The van der Waals surface area contributed by atoms with Crippen molar-refractivity contribution < 1.29 is 24.2 Å². The number of hydrogen-bond donors (Lipinski definition) is 3. The Balaban J connectivity index is 1.71. The predicted octanol–water partition coefficient (Wildman–Crippen LogP) is -0.134. The first-order chi connectivity index (χ1) is 11.0. The number of nitrogens with zero attached hydrogens (tertiary/aromatic N) is 2. The first-order valence-electron chi connectivity index (χ1n) is 7.26. The van der Waals surface area contributed by atoms with E-state index >= 15 is 0 Å². The quantitative estimate of drug-likeness (QED) is 0.704. The van der Waals surface area contributed by atoms with Crippen LogP contribution in [0.3, 0.4) is 0 Å². The van der Waals surface area contributed by atoms with Crippen molar-refractivity contribution in [1.29, 1.82) is 0 Å². The molecule has 9 nitrogen and oxygen atoms in total. The van der Waals surface area contributed by atoms with Crippen LogP contribution in [0.2, 0.25) is 0 Å². The second-order valence-corrected chi connectivity index (χ2v) is 5.61. The zero-order valence-electron chi connectivity index (χ0n) is 12.4. The fraction of sp³-hybridized carbons (Fsp3) is 0.500. The average molecular weight is 322 g/mol. The lowest BCUT2D eigenvalue weighted by atomic mass is 10.0. The third-order valence-corrected chi connectivity index (χ3v) is 3.86. The van der Waals surface area contributed by atoms with Crippen molar-refractivity contribution in [3.05, 3.63) is 17.8 Å². The van der Waals surface area contributed by atoms with Gasteiger partial charge in [0.2, 0.25) is 0 Å². The molecule has 0 spiro atoms. The van der Waals surface area contributed by atoms with Gasteiger partial charge in [0.25, 0.3) is 5.91 Å². The topological polar surface area (TPSA) is 127 Å². The van der Waals surface area contributed by atoms with E-state index in [1.165, 1.54) is 4.90 Å². The van der Waals surface area contributed by atoms with Gasteiger partial charge in [-0.1, -0.05) is 0 Å². The van der Waals surface area contributed by atoms with Crippen LogP contribution in [0, 0.1) is 5.92 Å². The summed E-state index contributed by atoms with van der Waals surface area (Å²) in [7, 11) is 0. The maximum Gasteiger partial charge on any atom is 0.407 e. The van der Waals surface area contributed by atoms with Gasteiger partial charge in [-0.3, -0.25) is 4.79 Å². The molecule has 9 heteroatoms. The molecule has 2 aliphatic rings. The molecule has 0 aromatic carbocycles. The van der Waals surface area contributed by atoms with Crippen molar-refractivity contribution in [2.75, 3.05) is 31.7 Å². The largest absolute Gasteiger partial charge is 0.480 e. The second kappa shape index (κ2) is 6.39. The number of nitrogens with two attached hydrogens (primary N) is 1. The normalized spacial score (nSPS) is 22.9. The van der Waals surface area contributed by atoms with E-state index in [1.54, 1.807) is 12.1 Å². The molecule has 1 saturated heterocycles. The summed E-state index contributed by atoms with van der Waals surface area (Å²) in [5, 5.41) is 12.0. The van der Waals surface area contributed by atoms with E-state index in [9.17, 15) is 14.7 Å². The zero-order chi connectivity index (χ0) is 16.4. The minimum atomic E-state index is -1.05. The summed E-state index contributed by atoms with van der Waals surface area (Å²) < 4.78 is 10.5. The summed E-state index contributed by atoms with van der Waals surface area (Å²) in [4.78, 5) is 28.3. The van der Waals surface area contributed by atoms with Gasteiger partial charge in [-0.25, -0.2) is 9.78 Å². The molecular formula is C14H18N4O5. The van der Waals surface area contributed by atoms with Gasteiger partial charge in [0.05, 0.1) is 25.5 Å². The maximum absolute atomic E-state index is 11.5. The molecular weight excluding hydrogens is 304 g/mol. The number of rotatable bonds is 4. The van der Waals surface area contributed by atoms with Crippen LogP contribution in [0.5, 0.6) is 5.75 Å². The van der Waals surface area contributed by atoms with Gasteiger partial charge >= 0.3 is 6.09 Å². The molecule has 3 rings (SSSR count). The van der Waals surface area contributed by atoms with Gasteiger partial charge < -0.3 is 30.5 Å². The van der Waals surface area contributed by atoms with Gasteiger partial charge in [0, 0.05) is 18.5 Å². The molecule has 124 valence electrons. The fourth-order valence-electron chi connectivity index (χ4n) is 2.58. The number of ether oxygens (including phenoxy) is 2. The Morgan fingerprint density at radius 1 is 1.48 bits per heavy atom. The number of amides is 2. The lowest BCUT2D eigenvalue weighted by molar-refractivity contribution is -0.118. The van der Waals surface area contributed by atoms with Crippen LogP contribution < -0.4 is 15.8 Å². The Kier molecular flexibility index (Phi) is 4.30. The monoisotopic (exact) mass is 322 g/mol. The van der Waals surface area contributed by atoms with Crippen LogP contribution in [0.1, 0.15) is 5.69 Å². The molecule has 2 amide bonds. The third kappa shape index (κ3) is 3.51. The van der Waals surface area contributed by atoms with Crippen molar-refractivity contribution in [3.8, 4) is 5.75 Å². The molecule has 2 atom stereocenters. The number of anilines is 1. The molecule has 0 unspecified atom stereocenters. The number of carboxylic acid groups (broad SMARTS) is 1. The molecule has 0 aliphatic carbocycles. The van der Waals surface area contributed by atoms with E-state index in [-0.39, 0.29) is 37.6 Å². The summed E-state index contributed by atoms with van der Waals surface area (Å²) in [6.07, 6.45) is -1.05. The smallest absolute Gasteiger partial charge is 0.407 e. The van der Waals surface area contributed by atoms with Gasteiger partial charge in [-0.05, 0) is 12.1 Å². The van der Waals surface area contributed by atoms with Gasteiger partial charge in [-0.2, -0.15) is 0 Å². The molecule has 2 aliphatic heterocycles. The van der Waals surface area contributed by atoms with E-state index < -0.39 is 6.09 Å². The highest BCUT2D eigenvalue weighted by Crippen LogP contribution is 2.26. The Morgan fingerprint density at radius 3 is 3.00 bits per heavy atom. The Labute approximate surface area is 132 Å². The van der Waals surface area contributed by atoms with E-state index in [0.29, 0.717) is 30.5 Å². The van der Waals surface area contributed by atoms with Gasteiger partial charge in [0.15, 0.2) is 18.2 Å². The standard InChI is InChI=1S/C14H18N4O5/c15-10-6-22-5-8(10)3-18(14(20)21)4-9-1-2-11-13(16-9)17-12(19)7-23-11/h1-2,8,10H,3-7,15H2,(H,20,21)(H,16,17,19)/t8-,10-/m1/s1. The highest BCUT2D eigenvalue weighted by Gasteiger charge is 2.29. The van der Waals surface area contributed by atoms with Crippen LogP contribution in [0.4, 0.5) is 10.6 Å². The summed E-state index contributed by atoms with van der Waals surface area (Å²) in [6, 6.07) is 3.18. The van der Waals surface area contributed by atoms with Crippen molar-refractivity contribution in [3.63, 3.8) is 0 Å². The summed E-state index contributed by atoms with van der Waals surface area (Å²) >= 11 is 0. The van der Waals surface area contributed by atoms with E-state index in [1.807, 2.05) is 0 Å². The third-order valence-electron chi connectivity index (χ3n) is 3.86. The first kappa shape index (κ1) is 15.5. The van der Waals surface area contributed by atoms with Gasteiger partial charge in [0.1, 0.15) is 0 Å². The second-order valence-electron chi connectivity index (χ2n) is 5.61. The molecule has 0 bridgehead atoms. The predicted molar refractivity (Wildman–Crippen MR) is 79.1 cm³/mol. The molecule has 23 heavy (non-hydrogen) atoms. The number of hydrogen-bond acceptors (Lipinski definition) is 6. The van der Waals surface area contributed by atoms with Crippen LogP contribution in [-0.4, -0.2) is 59.4 Å². The van der Waals surface area contributed by atoms with E-state index in [0.717, 1.165) is 0 Å². The van der Waals surface area contributed by atoms with Crippen molar-refractivity contribution >= 4 is 17.8 Å². The maximum atomic E-state index is 11.5. The van der Waals surface area contributed by atoms with Crippen LogP contribution >= 0.6 is 0 Å². The molecule has 1 fully saturated rings. The van der Waals surface area contributed by atoms with Crippen LogP contribution in [-0.2, 0) is 16.1 Å². The zero-order valence-corrected chi connectivity index (χ0v) is 12.4. The van der Waals surface area contributed by atoms with Crippen molar-refractivity contribution in [1.82, 2.24) is 9.88 Å². The summed E-state index contributed by atoms with van der Waals surface area (Å²) in [5.74, 6) is 0.463. The summed E-state index contributed by atoms with van der Waals surface area (Å²) in [6.45, 7) is 1.22. The highest BCUT2D eigenvalue weighted by molar-refractivity contribution is 5.94. The Hall–Kier alpha value is -2.39. The minimum absolute atomic E-state index is 0.0354. The SMILES string of the molecule is N[C@@H]1COC[C@H]1CN(Cc1ccc2c(n1)NC(=O)CO2)C(=O)O. The minimum Gasteiger partial charge on any atom is -0.480 e. The molecule has 0 radical (unpaired) electrons. The fourth-order valence-corrected chi connectivity index (χ4v) is 2.58. The molecule has 1 aromatic rings. The number of aromatic nitrogens is 1. The number of fused-ring (bicyclic) bond motifs is 1. The Bertz CT molecular complexity index is 623. The number of carbonyl (C=O) groups excluding carboxylic acids is 1. The number of pyridine rings is 1. The number of carbonyl (C=O) groups is 2. The summed E-state index contributed by atoms with van der Waals surface area (Å²) in [5.41, 5.74) is 6.42. The van der Waals surface area contributed by atoms with E-state index in [2.05, 4.69) is 10.3 Å². The lowest BCUT2D eigenvalue weighted by Gasteiger charge is -2.24. The average Bonchev–Trinajstić information content (AvgIpc) is 2.91. The van der Waals surface area contributed by atoms with Crippen LogP contribution in [0.15, 0.2) is 12.1 Å². The van der Waals surface area contributed by atoms with Crippen molar-refractivity contribution in [2.24, 2.45) is 11.7 Å². The van der Waals surface area contributed by atoms with Crippen molar-refractivity contribution in [2.45, 2.75) is 12.6 Å². The first-order valence-corrected chi connectivity index (χ1v) is 7.26. The number of nitrogens with one attached hydrogen (secondary N) is 1. The van der Waals surface area contributed by atoms with Gasteiger partial charge in [-0.15, -0.1) is 0 Å². The molecule has 3 heterocycles.